The van der Waals surface area contributed by atoms with E-state index in [9.17, 15) is 9.59 Å². The van der Waals surface area contributed by atoms with E-state index < -0.39 is 12.0 Å². The van der Waals surface area contributed by atoms with Crippen molar-refractivity contribution >= 4 is 17.9 Å². The summed E-state index contributed by atoms with van der Waals surface area (Å²) in [7, 11) is 0. The highest BCUT2D eigenvalue weighted by atomic mass is 16.4. The lowest BCUT2D eigenvalue weighted by atomic mass is 10.1. The van der Waals surface area contributed by atoms with E-state index in [4.69, 9.17) is 5.11 Å². The van der Waals surface area contributed by atoms with Gasteiger partial charge in [0.05, 0.1) is 18.0 Å². The maximum Gasteiger partial charge on any atom is 0.335 e. The van der Waals surface area contributed by atoms with Crippen LogP contribution in [-0.2, 0) is 6.54 Å². The van der Waals surface area contributed by atoms with Crippen molar-refractivity contribution in [2.24, 2.45) is 0 Å². The molecule has 0 aliphatic rings. The first kappa shape index (κ1) is 13.4. The lowest BCUT2D eigenvalue weighted by Crippen LogP contribution is -2.29. The van der Waals surface area contributed by atoms with Gasteiger partial charge >= 0.3 is 12.0 Å². The average Bonchev–Trinajstić information content (AvgIpc) is 2.46. The van der Waals surface area contributed by atoms with Crippen LogP contribution in [0.1, 0.15) is 15.9 Å². The molecule has 0 radical (unpaired) electrons. The number of carbonyl (C=O) groups is 2. The van der Waals surface area contributed by atoms with Gasteiger partial charge in [-0.15, -0.1) is 5.10 Å². The zero-order chi connectivity index (χ0) is 14.4. The lowest BCUT2D eigenvalue weighted by Gasteiger charge is -2.06. The van der Waals surface area contributed by atoms with Crippen molar-refractivity contribution in [3.8, 4) is 0 Å². The third-order valence-corrected chi connectivity index (χ3v) is 2.36. The second kappa shape index (κ2) is 6.23. The van der Waals surface area contributed by atoms with Crippen LogP contribution in [0.15, 0.2) is 36.7 Å². The minimum atomic E-state index is -0.990. The van der Waals surface area contributed by atoms with Crippen LogP contribution in [0.2, 0.25) is 0 Å². The summed E-state index contributed by atoms with van der Waals surface area (Å²) in [6.07, 6.45) is 2.81. The highest BCUT2D eigenvalue weighted by Crippen LogP contribution is 2.04. The molecular formula is C12H11N5O3. The predicted octanol–water partition coefficient (Wildman–Crippen LogP) is 0.891. The van der Waals surface area contributed by atoms with Crippen LogP contribution in [0.25, 0.3) is 0 Å². The van der Waals surface area contributed by atoms with Gasteiger partial charge in [-0.05, 0) is 17.7 Å². The van der Waals surface area contributed by atoms with Crippen LogP contribution in [-0.4, -0.2) is 32.3 Å². The van der Waals surface area contributed by atoms with Crippen LogP contribution < -0.4 is 10.6 Å². The highest BCUT2D eigenvalue weighted by molar-refractivity contribution is 5.88. The van der Waals surface area contributed by atoms with Crippen molar-refractivity contribution in [1.82, 2.24) is 20.5 Å². The summed E-state index contributed by atoms with van der Waals surface area (Å²) in [5.41, 5.74) is 0.971. The molecule has 1 aromatic carbocycles. The Balaban J connectivity index is 1.85. The second-order valence-corrected chi connectivity index (χ2v) is 3.78. The fourth-order valence-corrected chi connectivity index (χ4v) is 1.40. The van der Waals surface area contributed by atoms with E-state index >= 15 is 0 Å². The molecule has 0 aliphatic heterocycles. The lowest BCUT2D eigenvalue weighted by molar-refractivity contribution is 0.0697. The number of benzene rings is 1. The first-order valence-corrected chi connectivity index (χ1v) is 5.66. The van der Waals surface area contributed by atoms with Gasteiger partial charge in [0, 0.05) is 6.54 Å². The number of hydrogen-bond donors (Lipinski definition) is 3. The monoisotopic (exact) mass is 273 g/mol. The molecule has 0 saturated carbocycles. The van der Waals surface area contributed by atoms with Crippen molar-refractivity contribution in [2.45, 2.75) is 6.54 Å². The third-order valence-electron chi connectivity index (χ3n) is 2.36. The number of carboxylic acid groups (broad SMARTS) is 1. The molecule has 20 heavy (non-hydrogen) atoms. The molecule has 8 nitrogen and oxygen atoms in total. The Labute approximate surface area is 113 Å². The largest absolute Gasteiger partial charge is 0.478 e. The first-order chi connectivity index (χ1) is 9.65. The molecule has 0 saturated heterocycles. The normalized spacial score (nSPS) is 9.80. The fraction of sp³-hybridized carbons (Fsp3) is 0.0833. The van der Waals surface area contributed by atoms with E-state index in [-0.39, 0.29) is 18.1 Å². The van der Waals surface area contributed by atoms with Crippen LogP contribution in [0.5, 0.6) is 0 Å². The molecule has 0 spiro atoms. The van der Waals surface area contributed by atoms with E-state index in [1.54, 1.807) is 12.1 Å². The van der Waals surface area contributed by atoms with E-state index in [0.717, 1.165) is 5.56 Å². The minimum Gasteiger partial charge on any atom is -0.478 e. The molecule has 2 rings (SSSR count). The first-order valence-electron chi connectivity index (χ1n) is 5.66. The Bertz CT molecular complexity index is 600. The maximum atomic E-state index is 11.5. The number of urea groups is 1. The topological polar surface area (TPSA) is 117 Å². The molecule has 8 heteroatoms. The number of carboxylic acids is 1. The van der Waals surface area contributed by atoms with Crippen molar-refractivity contribution in [3.63, 3.8) is 0 Å². The molecule has 1 heterocycles. The Morgan fingerprint density at radius 2 is 1.90 bits per heavy atom. The van der Waals surface area contributed by atoms with Gasteiger partial charge in [0.1, 0.15) is 0 Å². The van der Waals surface area contributed by atoms with Gasteiger partial charge in [-0.25, -0.2) is 14.6 Å². The Morgan fingerprint density at radius 3 is 2.50 bits per heavy atom. The summed E-state index contributed by atoms with van der Waals surface area (Å²) in [6.45, 7) is 0.256. The third kappa shape index (κ3) is 3.73. The van der Waals surface area contributed by atoms with Gasteiger partial charge in [-0.2, -0.15) is 5.10 Å². The highest BCUT2D eigenvalue weighted by Gasteiger charge is 2.05. The molecule has 0 atom stereocenters. The van der Waals surface area contributed by atoms with Gasteiger partial charge in [-0.1, -0.05) is 12.1 Å². The second-order valence-electron chi connectivity index (χ2n) is 3.78. The summed E-state index contributed by atoms with van der Waals surface area (Å²) in [4.78, 5) is 26.0. The van der Waals surface area contributed by atoms with Crippen LogP contribution in [0.4, 0.5) is 10.7 Å². The van der Waals surface area contributed by atoms with E-state index in [2.05, 4.69) is 25.8 Å². The number of nitrogens with one attached hydrogen (secondary N) is 2. The number of anilines is 1. The smallest absolute Gasteiger partial charge is 0.335 e. The number of aromatic carboxylic acids is 1. The zero-order valence-electron chi connectivity index (χ0n) is 10.3. The fourth-order valence-electron chi connectivity index (χ4n) is 1.40. The molecule has 102 valence electrons. The maximum absolute atomic E-state index is 11.5. The van der Waals surface area contributed by atoms with Gasteiger partial charge in [0.25, 0.3) is 5.95 Å². The summed E-state index contributed by atoms with van der Waals surface area (Å²) in [6, 6.07) is 5.73. The number of aromatic nitrogens is 3. The summed E-state index contributed by atoms with van der Waals surface area (Å²) in [5.74, 6) is -0.887. The van der Waals surface area contributed by atoms with E-state index in [1.807, 2.05) is 0 Å². The molecule has 1 aromatic heterocycles. The number of rotatable bonds is 4. The van der Waals surface area contributed by atoms with Crippen molar-refractivity contribution in [1.29, 1.82) is 0 Å². The molecule has 0 fully saturated rings. The SMILES string of the molecule is O=C(NCc1ccc(C(=O)O)cc1)Nc1nccnn1. The van der Waals surface area contributed by atoms with Crippen LogP contribution >= 0.6 is 0 Å². The Morgan fingerprint density at radius 1 is 1.15 bits per heavy atom. The zero-order valence-corrected chi connectivity index (χ0v) is 10.3. The Hall–Kier alpha value is -3.03. The molecule has 0 unspecified atom stereocenters. The van der Waals surface area contributed by atoms with Gasteiger partial charge in [0.15, 0.2) is 0 Å². The summed E-state index contributed by atoms with van der Waals surface area (Å²) in [5, 5.41) is 20.9. The number of carbonyl (C=O) groups excluding carboxylic acids is 1. The van der Waals surface area contributed by atoms with Gasteiger partial charge < -0.3 is 10.4 Å². The Kier molecular flexibility index (Phi) is 4.17. The molecule has 3 N–H and O–H groups in total. The molecule has 0 aliphatic carbocycles. The van der Waals surface area contributed by atoms with Crippen molar-refractivity contribution in [3.05, 3.63) is 47.8 Å². The van der Waals surface area contributed by atoms with E-state index in [0.29, 0.717) is 0 Å². The average molecular weight is 273 g/mol. The number of amides is 2. The summed E-state index contributed by atoms with van der Waals surface area (Å²) >= 11 is 0. The molecule has 2 aromatic rings. The standard InChI is InChI=1S/C12H11N5O3/c18-10(19)9-3-1-8(2-4-9)7-14-12(20)16-11-13-5-6-15-17-11/h1-6H,7H2,(H,18,19)(H2,13,14,16,17,20). The quantitative estimate of drug-likeness (QED) is 0.761. The van der Waals surface area contributed by atoms with Crippen LogP contribution in [0.3, 0.4) is 0 Å². The molecular weight excluding hydrogens is 262 g/mol. The predicted molar refractivity (Wildman–Crippen MR) is 69.1 cm³/mol. The van der Waals surface area contributed by atoms with Crippen LogP contribution in [0, 0.1) is 0 Å². The minimum absolute atomic E-state index is 0.103. The van der Waals surface area contributed by atoms with Crippen molar-refractivity contribution in [2.75, 3.05) is 5.32 Å². The van der Waals surface area contributed by atoms with E-state index in [1.165, 1.54) is 24.5 Å². The summed E-state index contributed by atoms with van der Waals surface area (Å²) < 4.78 is 0. The molecule has 2 amide bonds. The number of nitrogens with zero attached hydrogens (tertiary/aromatic N) is 3. The molecule has 0 bridgehead atoms. The van der Waals surface area contributed by atoms with Gasteiger partial charge in [-0.3, -0.25) is 5.32 Å². The van der Waals surface area contributed by atoms with Crippen molar-refractivity contribution < 1.29 is 14.7 Å². The number of hydrogen-bond acceptors (Lipinski definition) is 5. The van der Waals surface area contributed by atoms with Gasteiger partial charge in [0.2, 0.25) is 0 Å².